The molecular weight excluding hydrogens is 208 g/mol. The van der Waals surface area contributed by atoms with Gasteiger partial charge in [-0.25, -0.2) is 9.97 Å². The lowest BCUT2D eigenvalue weighted by atomic mass is 9.96. The highest BCUT2D eigenvalue weighted by Crippen LogP contribution is 2.30. The molecule has 0 amide bonds. The van der Waals surface area contributed by atoms with Crippen LogP contribution in [-0.2, 0) is 12.8 Å². The van der Waals surface area contributed by atoms with E-state index in [1.165, 1.54) is 11.1 Å². The molecule has 0 fully saturated rings. The maximum atomic E-state index is 4.53. The van der Waals surface area contributed by atoms with E-state index in [0.29, 0.717) is 0 Å². The number of rotatable bonds is 1. The molecular formula is C10H10N4S. The zero-order valence-corrected chi connectivity index (χ0v) is 9.14. The highest BCUT2D eigenvalue weighted by Gasteiger charge is 2.19. The normalized spacial score (nSPS) is 13.4. The number of H-pyrrole nitrogens is 1. The van der Waals surface area contributed by atoms with E-state index in [-0.39, 0.29) is 0 Å². The van der Waals surface area contributed by atoms with E-state index in [4.69, 9.17) is 0 Å². The highest BCUT2D eigenvalue weighted by molar-refractivity contribution is 7.98. The summed E-state index contributed by atoms with van der Waals surface area (Å²) in [4.78, 5) is 8.81. The fourth-order valence-electron chi connectivity index (χ4n) is 1.86. The van der Waals surface area contributed by atoms with Gasteiger partial charge in [-0.1, -0.05) is 11.8 Å². The van der Waals surface area contributed by atoms with Crippen molar-refractivity contribution in [3.8, 4) is 11.4 Å². The first kappa shape index (κ1) is 8.91. The summed E-state index contributed by atoms with van der Waals surface area (Å²) in [6.45, 7) is 0. The number of aromatic nitrogens is 4. The van der Waals surface area contributed by atoms with Gasteiger partial charge in [-0.3, -0.25) is 5.10 Å². The van der Waals surface area contributed by atoms with Crippen molar-refractivity contribution < 1.29 is 0 Å². The van der Waals surface area contributed by atoms with Gasteiger partial charge < -0.3 is 0 Å². The van der Waals surface area contributed by atoms with Gasteiger partial charge in [0.25, 0.3) is 0 Å². The molecule has 0 unspecified atom stereocenters. The summed E-state index contributed by atoms with van der Waals surface area (Å²) in [5, 5.41) is 7.90. The second kappa shape index (κ2) is 3.34. The molecule has 0 saturated carbocycles. The minimum absolute atomic E-state index is 0.816. The van der Waals surface area contributed by atoms with Crippen LogP contribution in [0.3, 0.4) is 0 Å². The van der Waals surface area contributed by atoms with Gasteiger partial charge in [0.2, 0.25) is 0 Å². The molecule has 1 aliphatic carbocycles. The molecule has 0 radical (unpaired) electrons. The standard InChI is InChI=1S/C10H10N4S/c1-15-10-11-4-6-2-3-7-5-12-14-9(7)8(6)13-10/h4-5H,2-3H2,1H3,(H,12,14). The third-order valence-corrected chi connectivity index (χ3v) is 3.21. The van der Waals surface area contributed by atoms with Crippen LogP contribution in [0.1, 0.15) is 11.1 Å². The van der Waals surface area contributed by atoms with E-state index < -0.39 is 0 Å². The largest absolute Gasteiger partial charge is 0.276 e. The van der Waals surface area contributed by atoms with Crippen LogP contribution < -0.4 is 0 Å². The predicted octanol–water partition coefficient (Wildman–Crippen LogP) is 1.69. The van der Waals surface area contributed by atoms with Crippen molar-refractivity contribution in [3.05, 3.63) is 23.5 Å². The van der Waals surface area contributed by atoms with Crippen LogP contribution in [0, 0.1) is 0 Å². The molecule has 2 aromatic rings. The zero-order valence-electron chi connectivity index (χ0n) is 8.32. The van der Waals surface area contributed by atoms with Gasteiger partial charge in [0.15, 0.2) is 5.16 Å². The molecule has 0 spiro atoms. The molecule has 76 valence electrons. The Morgan fingerprint density at radius 1 is 1.27 bits per heavy atom. The molecule has 2 aromatic heterocycles. The molecule has 2 heterocycles. The average molecular weight is 218 g/mol. The monoisotopic (exact) mass is 218 g/mol. The molecule has 3 rings (SSSR count). The summed E-state index contributed by atoms with van der Waals surface area (Å²) in [6, 6.07) is 0. The molecule has 0 aliphatic heterocycles. The first-order valence-electron chi connectivity index (χ1n) is 4.81. The Bertz CT molecular complexity index is 506. The van der Waals surface area contributed by atoms with Crippen LogP contribution in [0.5, 0.6) is 0 Å². The Morgan fingerprint density at radius 2 is 2.13 bits per heavy atom. The van der Waals surface area contributed by atoms with Crippen molar-refractivity contribution in [3.63, 3.8) is 0 Å². The van der Waals surface area contributed by atoms with Crippen LogP contribution >= 0.6 is 11.8 Å². The fourth-order valence-corrected chi connectivity index (χ4v) is 2.20. The summed E-state index contributed by atoms with van der Waals surface area (Å²) in [5.74, 6) is 0. The Morgan fingerprint density at radius 3 is 3.00 bits per heavy atom. The van der Waals surface area contributed by atoms with Crippen molar-refractivity contribution in [1.29, 1.82) is 0 Å². The van der Waals surface area contributed by atoms with Gasteiger partial charge >= 0.3 is 0 Å². The average Bonchev–Trinajstić information content (AvgIpc) is 2.76. The quantitative estimate of drug-likeness (QED) is 0.584. The van der Waals surface area contributed by atoms with Gasteiger partial charge in [0.05, 0.1) is 17.6 Å². The number of hydrogen-bond acceptors (Lipinski definition) is 4. The first-order chi connectivity index (χ1) is 7.38. The summed E-state index contributed by atoms with van der Waals surface area (Å²) < 4.78 is 0. The lowest BCUT2D eigenvalue weighted by Crippen LogP contribution is -2.06. The van der Waals surface area contributed by atoms with Gasteiger partial charge in [-0.05, 0) is 30.2 Å². The number of aryl methyl sites for hydroxylation is 2. The Balaban J connectivity index is 2.21. The van der Waals surface area contributed by atoms with Crippen molar-refractivity contribution in [2.45, 2.75) is 18.0 Å². The summed E-state index contributed by atoms with van der Waals surface area (Å²) in [6.07, 6.45) is 7.84. The van der Waals surface area contributed by atoms with E-state index >= 15 is 0 Å². The lowest BCUT2D eigenvalue weighted by molar-refractivity contribution is 0.866. The van der Waals surface area contributed by atoms with Gasteiger partial charge in [-0.15, -0.1) is 0 Å². The molecule has 0 saturated heterocycles. The van der Waals surface area contributed by atoms with Crippen molar-refractivity contribution in [2.24, 2.45) is 0 Å². The number of aromatic amines is 1. The van der Waals surface area contributed by atoms with Gasteiger partial charge in [0.1, 0.15) is 0 Å². The van der Waals surface area contributed by atoms with Crippen molar-refractivity contribution in [2.75, 3.05) is 6.26 Å². The van der Waals surface area contributed by atoms with Crippen LogP contribution in [0.25, 0.3) is 11.4 Å². The predicted molar refractivity (Wildman–Crippen MR) is 58.8 cm³/mol. The number of nitrogens with one attached hydrogen (secondary N) is 1. The molecule has 5 heteroatoms. The smallest absolute Gasteiger partial charge is 0.187 e. The van der Waals surface area contributed by atoms with Gasteiger partial charge in [0, 0.05) is 6.20 Å². The Hall–Kier alpha value is -1.36. The SMILES string of the molecule is CSc1ncc2c(n1)-c1[nH]ncc1CC2. The van der Waals surface area contributed by atoms with E-state index in [2.05, 4.69) is 20.2 Å². The Labute approximate surface area is 91.5 Å². The third-order valence-electron chi connectivity index (χ3n) is 2.64. The summed E-state index contributed by atoms with van der Waals surface area (Å²) in [7, 11) is 0. The zero-order chi connectivity index (χ0) is 10.3. The number of thioether (sulfide) groups is 1. The van der Waals surface area contributed by atoms with Crippen LogP contribution in [0.4, 0.5) is 0 Å². The fraction of sp³-hybridized carbons (Fsp3) is 0.300. The van der Waals surface area contributed by atoms with Crippen LogP contribution in [0.15, 0.2) is 17.6 Å². The minimum atomic E-state index is 0.816. The summed E-state index contributed by atoms with van der Waals surface area (Å²) in [5.41, 5.74) is 4.56. The van der Waals surface area contributed by atoms with Crippen molar-refractivity contribution >= 4 is 11.8 Å². The third kappa shape index (κ3) is 1.34. The lowest BCUT2D eigenvalue weighted by Gasteiger charge is -2.14. The first-order valence-corrected chi connectivity index (χ1v) is 6.03. The maximum absolute atomic E-state index is 4.53. The number of fused-ring (bicyclic) bond motifs is 3. The molecule has 0 atom stereocenters. The number of hydrogen-bond donors (Lipinski definition) is 1. The van der Waals surface area contributed by atoms with E-state index in [0.717, 1.165) is 29.4 Å². The molecule has 1 N–H and O–H groups in total. The van der Waals surface area contributed by atoms with Crippen LogP contribution in [-0.4, -0.2) is 26.4 Å². The van der Waals surface area contributed by atoms with Crippen molar-refractivity contribution in [1.82, 2.24) is 20.2 Å². The topological polar surface area (TPSA) is 54.5 Å². The second-order valence-electron chi connectivity index (χ2n) is 3.50. The van der Waals surface area contributed by atoms with E-state index in [1.54, 1.807) is 11.8 Å². The molecule has 0 aromatic carbocycles. The maximum Gasteiger partial charge on any atom is 0.187 e. The molecule has 1 aliphatic rings. The second-order valence-corrected chi connectivity index (χ2v) is 4.27. The number of nitrogens with zero attached hydrogens (tertiary/aromatic N) is 3. The minimum Gasteiger partial charge on any atom is -0.276 e. The van der Waals surface area contributed by atoms with E-state index in [1.807, 2.05) is 18.6 Å². The van der Waals surface area contributed by atoms with E-state index in [9.17, 15) is 0 Å². The van der Waals surface area contributed by atoms with Crippen LogP contribution in [0.2, 0.25) is 0 Å². The Kier molecular flexibility index (Phi) is 1.98. The molecule has 4 nitrogen and oxygen atoms in total. The highest BCUT2D eigenvalue weighted by atomic mass is 32.2. The molecule has 0 bridgehead atoms. The molecule has 15 heavy (non-hydrogen) atoms. The summed E-state index contributed by atoms with van der Waals surface area (Å²) >= 11 is 1.56. The van der Waals surface area contributed by atoms with Gasteiger partial charge in [-0.2, -0.15) is 5.10 Å².